The van der Waals surface area contributed by atoms with E-state index in [9.17, 15) is 4.39 Å². The summed E-state index contributed by atoms with van der Waals surface area (Å²) in [5.41, 5.74) is 8.35. The molecule has 0 radical (unpaired) electrons. The third-order valence-electron chi connectivity index (χ3n) is 6.27. The Hall–Kier alpha value is -4.29. The van der Waals surface area contributed by atoms with Gasteiger partial charge in [-0.25, -0.2) is 4.39 Å². The van der Waals surface area contributed by atoms with Crippen LogP contribution in [0.1, 0.15) is 5.56 Å². The van der Waals surface area contributed by atoms with Gasteiger partial charge in [0.15, 0.2) is 0 Å². The highest BCUT2D eigenvalue weighted by Gasteiger charge is 2.15. The van der Waals surface area contributed by atoms with Crippen LogP contribution in [0.5, 0.6) is 0 Å². The van der Waals surface area contributed by atoms with Crippen molar-refractivity contribution in [3.05, 3.63) is 96.6 Å². The van der Waals surface area contributed by atoms with Gasteiger partial charge in [-0.2, -0.15) is 5.10 Å². The number of nitrogens with zero attached hydrogens (tertiary/aromatic N) is 3. The first-order valence-corrected chi connectivity index (χ1v) is 11.5. The second kappa shape index (κ2) is 8.49. The quantitative estimate of drug-likeness (QED) is 0.302. The Balaban J connectivity index is 1.46. The number of fused-ring (bicyclic) bond motifs is 2. The van der Waals surface area contributed by atoms with Crippen LogP contribution < -0.4 is 0 Å². The molecule has 172 valence electrons. The molecule has 0 aliphatic heterocycles. The Morgan fingerprint density at radius 2 is 1.66 bits per heavy atom. The fourth-order valence-corrected chi connectivity index (χ4v) is 4.69. The highest BCUT2D eigenvalue weighted by Crippen LogP contribution is 2.36. The van der Waals surface area contributed by atoms with Gasteiger partial charge in [0.25, 0.3) is 0 Å². The summed E-state index contributed by atoms with van der Waals surface area (Å²) in [6, 6.07) is 23.3. The third-order valence-corrected chi connectivity index (χ3v) is 6.27. The van der Waals surface area contributed by atoms with Gasteiger partial charge in [-0.05, 0) is 67.2 Å². The molecule has 0 unspecified atom stereocenters. The van der Waals surface area contributed by atoms with Crippen molar-refractivity contribution < 1.29 is 4.39 Å². The number of pyridine rings is 1. The van der Waals surface area contributed by atoms with E-state index in [1.165, 1.54) is 6.07 Å². The Morgan fingerprint density at radius 3 is 2.51 bits per heavy atom. The topological polar surface area (TPSA) is 60.6 Å². The molecule has 0 spiro atoms. The summed E-state index contributed by atoms with van der Waals surface area (Å²) in [4.78, 5) is 10.1. The maximum Gasteiger partial charge on any atom is 0.131 e. The van der Waals surface area contributed by atoms with E-state index in [2.05, 4.69) is 63.4 Å². The molecule has 3 aromatic heterocycles. The summed E-state index contributed by atoms with van der Waals surface area (Å²) < 4.78 is 14.6. The van der Waals surface area contributed by atoms with Gasteiger partial charge in [-0.1, -0.05) is 36.4 Å². The molecule has 0 saturated heterocycles. The van der Waals surface area contributed by atoms with E-state index in [4.69, 9.17) is 0 Å². The van der Waals surface area contributed by atoms with Crippen molar-refractivity contribution in [2.24, 2.45) is 0 Å². The lowest BCUT2D eigenvalue weighted by Crippen LogP contribution is -2.10. The average Bonchev–Trinajstić information content (AvgIpc) is 3.47. The standard InChI is InChI=1S/C29H24FN5/c1-35(2)17-18-12-20(16-31-15-18)19-10-11-27-24(13-19)29(34-33-27)28-14-23-21(7-5-9-26(23)32-28)22-6-3-4-8-25(22)30/h3-16,32H,17H2,1-2H3,(H,33,34). The van der Waals surface area contributed by atoms with Gasteiger partial charge in [0, 0.05) is 46.4 Å². The maximum atomic E-state index is 14.6. The molecule has 6 rings (SSSR count). The fraction of sp³-hybridized carbons (Fsp3) is 0.103. The zero-order chi connectivity index (χ0) is 23.9. The Kier molecular flexibility index (Phi) is 5.16. The summed E-state index contributed by atoms with van der Waals surface area (Å²) in [6.07, 6.45) is 3.80. The molecule has 6 heteroatoms. The van der Waals surface area contributed by atoms with Gasteiger partial charge in [0.1, 0.15) is 11.5 Å². The van der Waals surface area contributed by atoms with Crippen LogP contribution in [0.15, 0.2) is 85.2 Å². The van der Waals surface area contributed by atoms with Gasteiger partial charge in [-0.3, -0.25) is 10.1 Å². The number of H-pyrrole nitrogens is 2. The number of aromatic amines is 2. The second-order valence-electron chi connectivity index (χ2n) is 9.08. The molecule has 0 saturated carbocycles. The maximum absolute atomic E-state index is 14.6. The molecule has 5 nitrogen and oxygen atoms in total. The molecule has 0 atom stereocenters. The number of hydrogen-bond acceptors (Lipinski definition) is 3. The SMILES string of the molecule is CN(C)Cc1cncc(-c2ccc3[nH]nc(-c4cc5c(-c6ccccc6F)cccc5[nH]4)c3c2)c1. The van der Waals surface area contributed by atoms with E-state index in [0.29, 0.717) is 5.56 Å². The Bertz CT molecular complexity index is 1680. The lowest BCUT2D eigenvalue weighted by atomic mass is 10.0. The highest BCUT2D eigenvalue weighted by atomic mass is 19.1. The smallest absolute Gasteiger partial charge is 0.131 e. The van der Waals surface area contributed by atoms with Crippen molar-refractivity contribution in [2.45, 2.75) is 6.54 Å². The van der Waals surface area contributed by atoms with Crippen LogP contribution >= 0.6 is 0 Å². The van der Waals surface area contributed by atoms with Gasteiger partial charge >= 0.3 is 0 Å². The molecule has 0 amide bonds. The molecule has 0 aliphatic rings. The van der Waals surface area contributed by atoms with Gasteiger partial charge < -0.3 is 9.88 Å². The fourth-order valence-electron chi connectivity index (χ4n) is 4.69. The Morgan fingerprint density at radius 1 is 0.800 bits per heavy atom. The molecular formula is C29H24FN5. The second-order valence-corrected chi connectivity index (χ2v) is 9.08. The highest BCUT2D eigenvalue weighted by molar-refractivity contribution is 6.01. The van der Waals surface area contributed by atoms with E-state index < -0.39 is 0 Å². The average molecular weight is 462 g/mol. The predicted octanol–water partition coefficient (Wildman–Crippen LogP) is 6.64. The monoisotopic (exact) mass is 461 g/mol. The van der Waals surface area contributed by atoms with Crippen LogP contribution in [0.2, 0.25) is 0 Å². The largest absolute Gasteiger partial charge is 0.353 e. The van der Waals surface area contributed by atoms with Crippen LogP contribution in [0.4, 0.5) is 4.39 Å². The number of benzene rings is 3. The predicted molar refractivity (Wildman–Crippen MR) is 139 cm³/mol. The van der Waals surface area contributed by atoms with Crippen molar-refractivity contribution in [2.75, 3.05) is 14.1 Å². The first-order chi connectivity index (χ1) is 17.1. The van der Waals surface area contributed by atoms with Crippen LogP contribution in [-0.4, -0.2) is 39.2 Å². The van der Waals surface area contributed by atoms with Crippen molar-refractivity contribution in [3.63, 3.8) is 0 Å². The zero-order valence-corrected chi connectivity index (χ0v) is 19.5. The number of rotatable bonds is 5. The van der Waals surface area contributed by atoms with Crippen molar-refractivity contribution in [3.8, 4) is 33.6 Å². The van der Waals surface area contributed by atoms with E-state index in [-0.39, 0.29) is 5.82 Å². The summed E-state index contributed by atoms with van der Waals surface area (Å²) in [5, 5.41) is 9.74. The Labute approximate surface area is 202 Å². The molecule has 0 bridgehead atoms. The molecule has 0 aliphatic carbocycles. The van der Waals surface area contributed by atoms with Gasteiger partial charge in [0.05, 0.1) is 11.2 Å². The molecule has 2 N–H and O–H groups in total. The van der Waals surface area contributed by atoms with Crippen LogP contribution in [0, 0.1) is 5.82 Å². The molecule has 35 heavy (non-hydrogen) atoms. The summed E-state index contributed by atoms with van der Waals surface area (Å²) in [7, 11) is 4.10. The minimum Gasteiger partial charge on any atom is -0.353 e. The summed E-state index contributed by atoms with van der Waals surface area (Å²) in [6.45, 7) is 0.833. The first kappa shape index (κ1) is 21.3. The van der Waals surface area contributed by atoms with E-state index >= 15 is 0 Å². The number of nitrogens with one attached hydrogen (secondary N) is 2. The summed E-state index contributed by atoms with van der Waals surface area (Å²) in [5.74, 6) is -0.234. The van der Waals surface area contributed by atoms with E-state index in [0.717, 1.165) is 62.0 Å². The molecule has 3 heterocycles. The zero-order valence-electron chi connectivity index (χ0n) is 19.5. The number of hydrogen-bond donors (Lipinski definition) is 2. The molecule has 6 aromatic rings. The molecule has 0 fully saturated rings. The van der Waals surface area contributed by atoms with Gasteiger partial charge in [0.2, 0.25) is 0 Å². The van der Waals surface area contributed by atoms with Crippen LogP contribution in [0.25, 0.3) is 55.4 Å². The lowest BCUT2D eigenvalue weighted by molar-refractivity contribution is 0.402. The van der Waals surface area contributed by atoms with Crippen LogP contribution in [-0.2, 0) is 6.54 Å². The molecular weight excluding hydrogens is 437 g/mol. The first-order valence-electron chi connectivity index (χ1n) is 11.5. The van der Waals surface area contributed by atoms with Crippen LogP contribution in [0.3, 0.4) is 0 Å². The summed E-state index contributed by atoms with van der Waals surface area (Å²) >= 11 is 0. The van der Waals surface area contributed by atoms with Crippen molar-refractivity contribution in [1.29, 1.82) is 0 Å². The van der Waals surface area contributed by atoms with Crippen molar-refractivity contribution in [1.82, 2.24) is 25.1 Å². The minimum atomic E-state index is -0.234. The van der Waals surface area contributed by atoms with Gasteiger partial charge in [-0.15, -0.1) is 0 Å². The number of aromatic nitrogens is 4. The van der Waals surface area contributed by atoms with E-state index in [1.54, 1.807) is 6.07 Å². The van der Waals surface area contributed by atoms with E-state index in [1.807, 2.05) is 48.8 Å². The minimum absolute atomic E-state index is 0.234. The number of halogens is 1. The third kappa shape index (κ3) is 3.88. The van der Waals surface area contributed by atoms with Crippen molar-refractivity contribution >= 4 is 21.8 Å². The normalized spacial score (nSPS) is 11.7. The molecule has 3 aromatic carbocycles. The lowest BCUT2D eigenvalue weighted by Gasteiger charge is -2.10.